The summed E-state index contributed by atoms with van der Waals surface area (Å²) < 4.78 is 312. The van der Waals surface area contributed by atoms with Gasteiger partial charge in [-0.3, -0.25) is 0 Å². The van der Waals surface area contributed by atoms with E-state index in [-0.39, 0.29) is 42.9 Å². The number of ether oxygens (including phenoxy) is 6. The highest BCUT2D eigenvalue weighted by Crippen LogP contribution is 2.48. The maximum atomic E-state index is 16.8. The number of hydrogen-bond acceptors (Lipinski definition) is 8. The molecule has 0 saturated carbocycles. The summed E-state index contributed by atoms with van der Waals surface area (Å²) in [5, 5.41) is 0. The Hall–Kier alpha value is -10.2. The van der Waals surface area contributed by atoms with Crippen LogP contribution < -0.4 is 28.4 Å². The van der Waals surface area contributed by atoms with E-state index >= 15 is 52.7 Å². The second kappa shape index (κ2) is 27.5. The molecule has 0 aromatic heterocycles. The van der Waals surface area contributed by atoms with Gasteiger partial charge in [0.25, 0.3) is 0 Å². The van der Waals surface area contributed by atoms with Crippen molar-refractivity contribution in [1.82, 2.24) is 0 Å². The largest absolute Gasteiger partial charge is 0.496 e. The number of fused-ring (bicyclic) bond motifs is 8. The topological polar surface area (TPSA) is 89.5 Å². The van der Waals surface area contributed by atoms with Crippen molar-refractivity contribution in [1.29, 1.82) is 0 Å². The number of methoxy groups -OCH3 is 1. The quantitative estimate of drug-likeness (QED) is 0.0658. The van der Waals surface area contributed by atoms with E-state index in [0.717, 1.165) is 46.5 Å². The Morgan fingerprint density at radius 2 is 0.557 bits per heavy atom. The number of benzene rings is 10. The molecule has 0 N–H and O–H groups in total. The lowest BCUT2D eigenvalue weighted by atomic mass is 9.91. The summed E-state index contributed by atoms with van der Waals surface area (Å²) in [5.41, 5.74) is -5.43. The first-order chi connectivity index (χ1) is 46.3. The van der Waals surface area contributed by atoms with Gasteiger partial charge in [0, 0.05) is 31.2 Å². The number of hydrogen-bond donors (Lipinski definition) is 0. The van der Waals surface area contributed by atoms with Crippen molar-refractivity contribution < 1.29 is 107 Å². The number of para-hydroxylation sites is 4. The van der Waals surface area contributed by atoms with Crippen LogP contribution in [0.25, 0.3) is 22.3 Å². The van der Waals surface area contributed by atoms with Gasteiger partial charge in [-0.1, -0.05) is 86.6 Å². The first kappa shape index (κ1) is 68.2. The molecule has 10 aromatic rings. The third kappa shape index (κ3) is 12.5. The van der Waals surface area contributed by atoms with Crippen LogP contribution in [0.5, 0.6) is 51.7 Å². The summed E-state index contributed by atoms with van der Waals surface area (Å²) in [4.78, 5) is -1.30. The molecule has 1 aliphatic carbocycles. The van der Waals surface area contributed by atoms with E-state index in [1.54, 1.807) is 37.4 Å². The molecule has 10 aromatic carbocycles. The van der Waals surface area contributed by atoms with Crippen molar-refractivity contribution in [3.8, 4) is 74.0 Å². The predicted molar refractivity (Wildman–Crippen MR) is 321 cm³/mol. The van der Waals surface area contributed by atoms with Gasteiger partial charge in [0.15, 0.2) is 58.2 Å². The first-order valence-corrected chi connectivity index (χ1v) is 30.9. The van der Waals surface area contributed by atoms with Crippen LogP contribution in [0.1, 0.15) is 76.8 Å². The molecule has 0 fully saturated rings. The van der Waals surface area contributed by atoms with E-state index in [9.17, 15) is 26.0 Å². The van der Waals surface area contributed by atoms with Crippen LogP contribution in [0, 0.1) is 100.0 Å². The van der Waals surface area contributed by atoms with Gasteiger partial charge in [-0.15, -0.1) is 0 Å². The number of halogens is 16. The molecule has 8 bridgehead atoms. The second-order valence-electron chi connectivity index (χ2n) is 22.1. The zero-order chi connectivity index (χ0) is 69.6. The molecule has 0 amide bonds. The van der Waals surface area contributed by atoms with Crippen molar-refractivity contribution in [2.24, 2.45) is 0 Å². The lowest BCUT2D eigenvalue weighted by molar-refractivity contribution is 0.311. The molecule has 0 aliphatic heterocycles. The fourth-order valence-corrected chi connectivity index (χ4v) is 12.5. The molecule has 1 aliphatic rings. The van der Waals surface area contributed by atoms with E-state index in [1.165, 1.54) is 12.1 Å². The van der Waals surface area contributed by atoms with E-state index in [0.29, 0.717) is 85.2 Å². The fraction of sp³-hybridized carbons (Fsp3) is 0.167. The molecule has 97 heavy (non-hydrogen) atoms. The van der Waals surface area contributed by atoms with Crippen LogP contribution in [-0.4, -0.2) is 28.7 Å². The van der Waals surface area contributed by atoms with Crippen molar-refractivity contribution in [2.45, 2.75) is 69.1 Å². The summed E-state index contributed by atoms with van der Waals surface area (Å²) in [7, 11) is -3.11. The number of sulfone groups is 1. The fourth-order valence-electron chi connectivity index (χ4n) is 11.2. The Labute approximate surface area is 542 Å². The van der Waals surface area contributed by atoms with Crippen LogP contribution in [-0.2, 0) is 35.5 Å². The van der Waals surface area contributed by atoms with Gasteiger partial charge < -0.3 is 28.4 Å². The zero-order valence-corrected chi connectivity index (χ0v) is 51.7. The Bertz CT molecular complexity index is 4700. The third-order valence-electron chi connectivity index (χ3n) is 15.9. The van der Waals surface area contributed by atoms with Gasteiger partial charge in [-0.05, 0) is 113 Å². The Morgan fingerprint density at radius 3 is 0.825 bits per heavy atom. The molecular formula is C72H48F16O8S. The predicted octanol–water partition coefficient (Wildman–Crippen LogP) is 20.0. The van der Waals surface area contributed by atoms with Gasteiger partial charge in [0.05, 0.1) is 52.4 Å². The van der Waals surface area contributed by atoms with E-state index < -0.39 is 169 Å². The highest BCUT2D eigenvalue weighted by Gasteiger charge is 2.38. The van der Waals surface area contributed by atoms with Gasteiger partial charge in [-0.2, -0.15) is 26.3 Å². The number of rotatable bonds is 17. The lowest BCUT2D eigenvalue weighted by Gasteiger charge is -2.22. The Kier molecular flexibility index (Phi) is 19.4. The Balaban J connectivity index is 0.885. The van der Waals surface area contributed by atoms with E-state index in [4.69, 9.17) is 28.4 Å². The standard InChI is InChI=1S/C72H48F16O8S/c1-5-27-92-67-36-13-8-15-38(67)31-40-17-10-18-41(32-39-16-9-14-37(68(39)93-28-6-2)30-35-12-7-11-34(29-36)66(35)91-4)69(40)96-72-64(87)58(81)49(59(82)65(72)88)48-56(79)62(85)71(63(86)57(48)80)95-43-21-25-45(26-22-43)97(89,90)44-23-19-42(20-24-44)94-70-60(83)54(77)47(55(78)61(70)84)46-52(75)50(73)33(3)51(74)53(46)76/h7-26H,5-6,27-32H2,1-4H3. The van der Waals surface area contributed by atoms with Crippen molar-refractivity contribution in [3.63, 3.8) is 0 Å². The molecule has 25 heteroatoms. The SMILES string of the molecule is CCCOc1c2cccc1Cc1cccc(c1Oc1c(F)c(F)c(-c3c(F)c(F)c(Oc4ccc(S(=O)(=O)c5ccc(Oc6c(F)c(F)c(-c7c(F)c(F)c(C)c(F)c7F)c(F)c6F)cc5)cc4)c(F)c3F)c(F)c1F)Cc1cccc(c1OCCC)Cc1cccc(c1OC)C2. The molecule has 0 heterocycles. The normalized spacial score (nSPS) is 12.2. The summed E-state index contributed by atoms with van der Waals surface area (Å²) in [6, 6.07) is 26.9. The van der Waals surface area contributed by atoms with Crippen LogP contribution in [0.15, 0.2) is 131 Å². The summed E-state index contributed by atoms with van der Waals surface area (Å²) >= 11 is 0. The van der Waals surface area contributed by atoms with Gasteiger partial charge in [-0.25, -0.2) is 52.3 Å². The molecule has 11 rings (SSSR count). The molecule has 0 radical (unpaired) electrons. The maximum Gasteiger partial charge on any atom is 0.206 e. The van der Waals surface area contributed by atoms with Crippen molar-refractivity contribution in [3.05, 3.63) is 264 Å². The Morgan fingerprint density at radius 1 is 0.309 bits per heavy atom. The van der Waals surface area contributed by atoms with Crippen LogP contribution in [0.4, 0.5) is 70.2 Å². The van der Waals surface area contributed by atoms with Crippen molar-refractivity contribution >= 4 is 9.84 Å². The highest BCUT2D eigenvalue weighted by molar-refractivity contribution is 7.91. The van der Waals surface area contributed by atoms with Crippen LogP contribution in [0.2, 0.25) is 0 Å². The van der Waals surface area contributed by atoms with Gasteiger partial charge in [0.2, 0.25) is 62.0 Å². The molecule has 0 spiro atoms. The molecular weight excluding hydrogens is 1330 g/mol. The highest BCUT2D eigenvalue weighted by atomic mass is 32.2. The average molecular weight is 1380 g/mol. The minimum Gasteiger partial charge on any atom is -0.496 e. The summed E-state index contributed by atoms with van der Waals surface area (Å²) in [5.74, 6) is -44.9. The van der Waals surface area contributed by atoms with Gasteiger partial charge in [0.1, 0.15) is 34.5 Å². The third-order valence-corrected chi connectivity index (χ3v) is 17.7. The molecule has 0 saturated heterocycles. The van der Waals surface area contributed by atoms with E-state index in [1.807, 2.05) is 44.2 Å². The van der Waals surface area contributed by atoms with Gasteiger partial charge >= 0.3 is 0 Å². The molecule has 0 atom stereocenters. The summed E-state index contributed by atoms with van der Waals surface area (Å²) in [6.07, 6.45) is 1.65. The zero-order valence-electron chi connectivity index (χ0n) is 50.9. The van der Waals surface area contributed by atoms with E-state index in [2.05, 4.69) is 0 Å². The minimum absolute atomic E-state index is 0.0861. The monoisotopic (exact) mass is 1380 g/mol. The molecule has 502 valence electrons. The summed E-state index contributed by atoms with van der Waals surface area (Å²) in [6.45, 7) is 4.91. The lowest BCUT2D eigenvalue weighted by Crippen LogP contribution is -2.10. The molecule has 8 nitrogen and oxygen atoms in total. The van der Waals surface area contributed by atoms with Crippen LogP contribution in [0.3, 0.4) is 0 Å². The maximum absolute atomic E-state index is 16.8. The minimum atomic E-state index is -4.69. The van der Waals surface area contributed by atoms with Crippen molar-refractivity contribution in [2.75, 3.05) is 20.3 Å². The second-order valence-corrected chi connectivity index (χ2v) is 24.1. The van der Waals surface area contributed by atoms with Crippen LogP contribution >= 0.6 is 0 Å². The smallest absolute Gasteiger partial charge is 0.206 e. The average Bonchev–Trinajstić information content (AvgIpc) is 0.750. The first-order valence-electron chi connectivity index (χ1n) is 29.4. The molecule has 0 unspecified atom stereocenters.